The third kappa shape index (κ3) is 2.89. The summed E-state index contributed by atoms with van der Waals surface area (Å²) in [6.07, 6.45) is 15.4. The average molecular weight is 208 g/mol. The van der Waals surface area contributed by atoms with Crippen LogP contribution in [0.4, 0.5) is 5.69 Å². The molecule has 78 valence electrons. The first kappa shape index (κ1) is 10.3. The van der Waals surface area contributed by atoms with Crippen LogP contribution in [0.15, 0.2) is 77.2 Å². The number of fused-ring (bicyclic) bond motifs is 1. The summed E-state index contributed by atoms with van der Waals surface area (Å²) in [5, 5.41) is 8.13. The highest BCUT2D eigenvalue weighted by molar-refractivity contribution is 5.64. The van der Waals surface area contributed by atoms with Crippen molar-refractivity contribution in [2.75, 3.05) is 0 Å². The Bertz CT molecular complexity index is 446. The van der Waals surface area contributed by atoms with Crippen LogP contribution in [0, 0.1) is 0 Å². The molecule has 0 N–H and O–H groups in total. The molecule has 1 aliphatic rings. The van der Waals surface area contributed by atoms with Gasteiger partial charge in [-0.1, -0.05) is 54.7 Å². The lowest BCUT2D eigenvalue weighted by atomic mass is 10.1. The Morgan fingerprint density at radius 3 is 2.44 bits per heavy atom. The Morgan fingerprint density at radius 1 is 0.750 bits per heavy atom. The first-order valence-electron chi connectivity index (χ1n) is 5.13. The van der Waals surface area contributed by atoms with Gasteiger partial charge in [0, 0.05) is 11.8 Å². The van der Waals surface area contributed by atoms with Crippen LogP contribution in [0.1, 0.15) is 5.56 Å². The lowest BCUT2D eigenvalue weighted by molar-refractivity contribution is 1.22. The number of benzene rings is 1. The van der Waals surface area contributed by atoms with E-state index in [0.29, 0.717) is 0 Å². The molecule has 1 heterocycles. The minimum atomic E-state index is 0.876. The van der Waals surface area contributed by atoms with E-state index in [1.807, 2.05) is 66.8 Å². The van der Waals surface area contributed by atoms with E-state index in [1.54, 1.807) is 6.20 Å². The second-order valence-corrected chi connectivity index (χ2v) is 3.24. The molecular formula is C14H12N2. The molecule has 2 nitrogen and oxygen atoms in total. The zero-order valence-corrected chi connectivity index (χ0v) is 8.82. The van der Waals surface area contributed by atoms with Crippen LogP contribution >= 0.6 is 0 Å². The zero-order valence-electron chi connectivity index (χ0n) is 8.82. The summed E-state index contributed by atoms with van der Waals surface area (Å²) in [7, 11) is 0. The van der Waals surface area contributed by atoms with Crippen molar-refractivity contribution in [1.82, 2.24) is 0 Å². The molecule has 0 saturated heterocycles. The smallest absolute Gasteiger partial charge is 0.0929 e. The van der Waals surface area contributed by atoms with E-state index in [0.717, 1.165) is 11.3 Å². The Kier molecular flexibility index (Phi) is 3.61. The van der Waals surface area contributed by atoms with Gasteiger partial charge in [-0.2, -0.15) is 10.2 Å². The molecule has 0 unspecified atom stereocenters. The van der Waals surface area contributed by atoms with Gasteiger partial charge in [0.25, 0.3) is 0 Å². The minimum absolute atomic E-state index is 0.876. The standard InChI is InChI=1S/C14H12N2/c1-2-4-8-12-15-16-14-11-7-6-10-13(14)9-5-3-1/h1-12H/b2-1?,3-1?,4-2?,5-3?,8-4?,9-5-,12-8-,13-9?,15-12?,16-14?,16-15?. The molecule has 0 aliphatic carbocycles. The lowest BCUT2D eigenvalue weighted by Gasteiger charge is -1.97. The largest absolute Gasteiger partial charge is 0.159 e. The molecule has 0 fully saturated rings. The molecule has 0 bridgehead atoms. The summed E-state index contributed by atoms with van der Waals surface area (Å²) in [5.74, 6) is 0. The summed E-state index contributed by atoms with van der Waals surface area (Å²) in [5.41, 5.74) is 1.94. The predicted octanol–water partition coefficient (Wildman–Crippen LogP) is 4.42. The van der Waals surface area contributed by atoms with Gasteiger partial charge in [0.15, 0.2) is 0 Å². The monoisotopic (exact) mass is 208 g/mol. The Morgan fingerprint density at radius 2 is 1.50 bits per heavy atom. The van der Waals surface area contributed by atoms with Crippen LogP contribution in [0.3, 0.4) is 0 Å². The van der Waals surface area contributed by atoms with Crippen molar-refractivity contribution >= 4 is 11.8 Å². The predicted molar refractivity (Wildman–Crippen MR) is 67.4 cm³/mol. The molecule has 16 heavy (non-hydrogen) atoms. The van der Waals surface area contributed by atoms with E-state index in [1.165, 1.54) is 0 Å². The first-order valence-corrected chi connectivity index (χ1v) is 5.13. The molecular weight excluding hydrogens is 196 g/mol. The fourth-order valence-electron chi connectivity index (χ4n) is 1.32. The van der Waals surface area contributed by atoms with Crippen molar-refractivity contribution in [3.8, 4) is 0 Å². The third-order valence-electron chi connectivity index (χ3n) is 2.09. The van der Waals surface area contributed by atoms with E-state index in [2.05, 4.69) is 10.2 Å². The highest BCUT2D eigenvalue weighted by atomic mass is 15.1. The van der Waals surface area contributed by atoms with Gasteiger partial charge in [0.05, 0.1) is 5.69 Å². The van der Waals surface area contributed by atoms with Gasteiger partial charge in [-0.25, -0.2) is 0 Å². The van der Waals surface area contributed by atoms with Crippen molar-refractivity contribution in [3.63, 3.8) is 0 Å². The molecule has 0 atom stereocenters. The van der Waals surface area contributed by atoms with Crippen LogP contribution in [-0.2, 0) is 0 Å². The van der Waals surface area contributed by atoms with Crippen LogP contribution in [0.25, 0.3) is 6.08 Å². The van der Waals surface area contributed by atoms with E-state index in [-0.39, 0.29) is 0 Å². The maximum Gasteiger partial charge on any atom is 0.0929 e. The second kappa shape index (κ2) is 5.61. The highest BCUT2D eigenvalue weighted by Crippen LogP contribution is 2.20. The van der Waals surface area contributed by atoms with Crippen molar-refractivity contribution in [2.24, 2.45) is 10.2 Å². The summed E-state index contributed by atoms with van der Waals surface area (Å²) in [6.45, 7) is 0. The molecule has 1 aliphatic heterocycles. The summed E-state index contributed by atoms with van der Waals surface area (Å²) >= 11 is 0. The number of rotatable bonds is 0. The topological polar surface area (TPSA) is 24.7 Å². The SMILES string of the molecule is C1=C/C=C\N=Nc2ccccc2/C=C\C=C1. The van der Waals surface area contributed by atoms with Crippen LogP contribution in [0.5, 0.6) is 0 Å². The molecule has 0 radical (unpaired) electrons. The van der Waals surface area contributed by atoms with E-state index in [9.17, 15) is 0 Å². The Hall–Kier alpha value is -2.22. The van der Waals surface area contributed by atoms with Crippen LogP contribution < -0.4 is 0 Å². The van der Waals surface area contributed by atoms with E-state index >= 15 is 0 Å². The average Bonchev–Trinajstić information content (AvgIpc) is 2.30. The van der Waals surface area contributed by atoms with Crippen molar-refractivity contribution in [3.05, 3.63) is 72.5 Å². The maximum atomic E-state index is 4.15. The summed E-state index contributed by atoms with van der Waals surface area (Å²) < 4.78 is 0. The minimum Gasteiger partial charge on any atom is -0.159 e. The Labute approximate surface area is 95.0 Å². The number of hydrogen-bond donors (Lipinski definition) is 0. The number of hydrogen-bond acceptors (Lipinski definition) is 2. The maximum absolute atomic E-state index is 4.15. The molecule has 0 aromatic heterocycles. The van der Waals surface area contributed by atoms with Crippen LogP contribution in [-0.4, -0.2) is 0 Å². The molecule has 0 saturated carbocycles. The number of azo groups is 1. The quantitative estimate of drug-likeness (QED) is 0.602. The first-order chi connectivity index (χ1) is 7.97. The van der Waals surface area contributed by atoms with Gasteiger partial charge < -0.3 is 0 Å². The molecule has 2 rings (SSSR count). The van der Waals surface area contributed by atoms with E-state index < -0.39 is 0 Å². The normalized spacial score (nSPS) is 18.2. The fourth-order valence-corrected chi connectivity index (χ4v) is 1.32. The van der Waals surface area contributed by atoms with Crippen molar-refractivity contribution in [2.45, 2.75) is 0 Å². The second-order valence-electron chi connectivity index (χ2n) is 3.24. The molecule has 0 spiro atoms. The number of allylic oxidation sites excluding steroid dienone is 6. The highest BCUT2D eigenvalue weighted by Gasteiger charge is 1.94. The van der Waals surface area contributed by atoms with Gasteiger partial charge in [0.2, 0.25) is 0 Å². The Balaban J connectivity index is 2.39. The van der Waals surface area contributed by atoms with Gasteiger partial charge in [-0.3, -0.25) is 0 Å². The van der Waals surface area contributed by atoms with Gasteiger partial charge in [-0.15, -0.1) is 0 Å². The molecule has 1 aromatic carbocycles. The van der Waals surface area contributed by atoms with Crippen molar-refractivity contribution in [1.29, 1.82) is 0 Å². The summed E-state index contributed by atoms with van der Waals surface area (Å²) in [6, 6.07) is 7.91. The van der Waals surface area contributed by atoms with Gasteiger partial charge in [0.1, 0.15) is 0 Å². The summed E-state index contributed by atoms with van der Waals surface area (Å²) in [4.78, 5) is 0. The molecule has 2 heteroatoms. The molecule has 1 aromatic rings. The lowest BCUT2D eigenvalue weighted by Crippen LogP contribution is -1.72. The van der Waals surface area contributed by atoms with Crippen molar-refractivity contribution < 1.29 is 0 Å². The number of nitrogens with zero attached hydrogens (tertiary/aromatic N) is 2. The zero-order chi connectivity index (χ0) is 11.1. The van der Waals surface area contributed by atoms with Crippen LogP contribution in [0.2, 0.25) is 0 Å². The third-order valence-corrected chi connectivity index (χ3v) is 2.09. The van der Waals surface area contributed by atoms with Gasteiger partial charge >= 0.3 is 0 Å². The molecule has 0 amide bonds. The fraction of sp³-hybridized carbons (Fsp3) is 0. The van der Waals surface area contributed by atoms with E-state index in [4.69, 9.17) is 0 Å². The van der Waals surface area contributed by atoms with Gasteiger partial charge in [-0.05, 0) is 12.1 Å².